The molecule has 0 radical (unpaired) electrons. The molecule has 0 aliphatic carbocycles. The van der Waals surface area contributed by atoms with Gasteiger partial charge in [-0.1, -0.05) is 24.3 Å². The fourth-order valence-electron chi connectivity index (χ4n) is 3.19. The van der Waals surface area contributed by atoms with Gasteiger partial charge in [0, 0.05) is 31.6 Å². The van der Waals surface area contributed by atoms with Gasteiger partial charge in [-0.3, -0.25) is 19.7 Å². The van der Waals surface area contributed by atoms with Crippen LogP contribution in [0.15, 0.2) is 48.5 Å². The largest absolute Gasteiger partial charge is 0.492 e. The highest BCUT2D eigenvalue weighted by atomic mass is 16.6. The molecule has 0 saturated carbocycles. The molecule has 1 aliphatic rings. The fraction of sp³-hybridized carbons (Fsp3) is 0.300. The number of hydrogen-bond donors (Lipinski definition) is 1. The summed E-state index contributed by atoms with van der Waals surface area (Å²) >= 11 is 0. The summed E-state index contributed by atoms with van der Waals surface area (Å²) in [6.45, 7) is 2.78. The van der Waals surface area contributed by atoms with Crippen LogP contribution in [-0.2, 0) is 16.1 Å². The highest BCUT2D eigenvalue weighted by Gasteiger charge is 2.36. The number of anilines is 1. The molecule has 1 unspecified atom stereocenters. The summed E-state index contributed by atoms with van der Waals surface area (Å²) < 4.78 is 5.58. The molecule has 8 heteroatoms. The van der Waals surface area contributed by atoms with Gasteiger partial charge in [0.1, 0.15) is 5.75 Å². The Bertz CT molecular complexity index is 899. The Morgan fingerprint density at radius 3 is 2.82 bits per heavy atom. The maximum absolute atomic E-state index is 12.5. The Hall–Kier alpha value is -3.42. The van der Waals surface area contributed by atoms with Gasteiger partial charge in [0.05, 0.1) is 23.1 Å². The lowest BCUT2D eigenvalue weighted by molar-refractivity contribution is -0.384. The minimum absolute atomic E-state index is 0.0264. The number of carbonyl (C=O) groups excluding carboxylic acids is 2. The third-order valence-electron chi connectivity index (χ3n) is 4.54. The smallest absolute Gasteiger partial charge is 0.269 e. The first-order chi connectivity index (χ1) is 13.5. The van der Waals surface area contributed by atoms with Gasteiger partial charge < -0.3 is 15.0 Å². The van der Waals surface area contributed by atoms with Crippen LogP contribution in [0.2, 0.25) is 0 Å². The van der Waals surface area contributed by atoms with Crippen LogP contribution in [0.25, 0.3) is 0 Å². The third kappa shape index (κ3) is 4.28. The number of carbonyl (C=O) groups is 2. The minimum Gasteiger partial charge on any atom is -0.492 e. The van der Waals surface area contributed by atoms with Crippen molar-refractivity contribution in [3.63, 3.8) is 0 Å². The van der Waals surface area contributed by atoms with Crippen LogP contribution in [-0.4, -0.2) is 29.9 Å². The number of hydrogen-bond acceptors (Lipinski definition) is 5. The summed E-state index contributed by atoms with van der Waals surface area (Å²) in [6.07, 6.45) is 0.112. The molecule has 0 spiro atoms. The van der Waals surface area contributed by atoms with Crippen molar-refractivity contribution in [3.8, 4) is 5.75 Å². The molecule has 1 saturated heterocycles. The van der Waals surface area contributed by atoms with Crippen LogP contribution >= 0.6 is 0 Å². The van der Waals surface area contributed by atoms with Gasteiger partial charge in [0.15, 0.2) is 0 Å². The molecule has 0 aromatic heterocycles. The summed E-state index contributed by atoms with van der Waals surface area (Å²) in [5, 5.41) is 13.6. The lowest BCUT2D eigenvalue weighted by Gasteiger charge is -2.20. The zero-order valence-electron chi connectivity index (χ0n) is 15.5. The predicted octanol–water partition coefficient (Wildman–Crippen LogP) is 2.66. The number of para-hydroxylation sites is 2. The van der Waals surface area contributed by atoms with E-state index in [1.165, 1.54) is 12.1 Å². The van der Waals surface area contributed by atoms with Gasteiger partial charge in [-0.05, 0) is 24.6 Å². The minimum atomic E-state index is -0.485. The average molecular weight is 383 g/mol. The zero-order valence-corrected chi connectivity index (χ0v) is 15.5. The van der Waals surface area contributed by atoms with Crippen LogP contribution in [0.4, 0.5) is 11.4 Å². The van der Waals surface area contributed by atoms with E-state index in [4.69, 9.17) is 4.74 Å². The van der Waals surface area contributed by atoms with Gasteiger partial charge in [-0.2, -0.15) is 0 Å². The number of amides is 2. The number of rotatable bonds is 7. The third-order valence-corrected chi connectivity index (χ3v) is 4.54. The highest BCUT2D eigenvalue weighted by molar-refractivity contribution is 6.01. The van der Waals surface area contributed by atoms with Gasteiger partial charge in [0.25, 0.3) is 5.69 Å². The summed E-state index contributed by atoms with van der Waals surface area (Å²) in [5.74, 6) is -0.268. The van der Waals surface area contributed by atoms with Gasteiger partial charge in [-0.25, -0.2) is 0 Å². The zero-order chi connectivity index (χ0) is 20.1. The molecular formula is C20H21N3O5. The van der Waals surface area contributed by atoms with Crippen molar-refractivity contribution in [1.82, 2.24) is 5.32 Å². The molecule has 146 valence electrons. The SMILES string of the molecule is CCOc1ccccc1N1CC(C(=O)NCc2cccc([N+](=O)[O-])c2)CC1=O. The van der Waals surface area contributed by atoms with E-state index in [1.54, 1.807) is 29.2 Å². The number of nitrogens with one attached hydrogen (secondary N) is 1. The van der Waals surface area contributed by atoms with E-state index in [0.29, 0.717) is 23.6 Å². The molecule has 1 fully saturated rings. The van der Waals surface area contributed by atoms with Crippen LogP contribution < -0.4 is 15.0 Å². The van der Waals surface area contributed by atoms with Gasteiger partial charge in [0.2, 0.25) is 11.8 Å². The van der Waals surface area contributed by atoms with E-state index >= 15 is 0 Å². The topological polar surface area (TPSA) is 102 Å². The first-order valence-corrected chi connectivity index (χ1v) is 9.02. The lowest BCUT2D eigenvalue weighted by atomic mass is 10.1. The van der Waals surface area contributed by atoms with Crippen molar-refractivity contribution in [3.05, 3.63) is 64.2 Å². The number of nitro benzene ring substituents is 1. The second kappa shape index (κ2) is 8.51. The van der Waals surface area contributed by atoms with E-state index in [1.807, 2.05) is 19.1 Å². The number of non-ortho nitro benzene ring substituents is 1. The van der Waals surface area contributed by atoms with Crippen LogP contribution in [0, 0.1) is 16.0 Å². The summed E-state index contributed by atoms with van der Waals surface area (Å²) in [7, 11) is 0. The van der Waals surface area contributed by atoms with E-state index in [2.05, 4.69) is 5.32 Å². The maximum Gasteiger partial charge on any atom is 0.269 e. The number of benzene rings is 2. The molecule has 1 N–H and O–H groups in total. The van der Waals surface area contributed by atoms with E-state index in [-0.39, 0.29) is 37.0 Å². The highest BCUT2D eigenvalue weighted by Crippen LogP contribution is 2.33. The number of nitrogens with zero attached hydrogens (tertiary/aromatic N) is 2. The molecule has 1 atom stereocenters. The maximum atomic E-state index is 12.5. The van der Waals surface area contributed by atoms with Crippen molar-refractivity contribution >= 4 is 23.2 Å². The summed E-state index contributed by atoms with van der Waals surface area (Å²) in [6, 6.07) is 13.3. The molecule has 1 heterocycles. The second-order valence-electron chi connectivity index (χ2n) is 6.45. The van der Waals surface area contributed by atoms with E-state index < -0.39 is 10.8 Å². The molecule has 1 aliphatic heterocycles. The average Bonchev–Trinajstić information content (AvgIpc) is 3.08. The molecule has 2 amide bonds. The quantitative estimate of drug-likeness (QED) is 0.585. The normalized spacial score (nSPS) is 16.1. The van der Waals surface area contributed by atoms with Crippen LogP contribution in [0.5, 0.6) is 5.75 Å². The summed E-state index contributed by atoms with van der Waals surface area (Å²) in [5.41, 5.74) is 1.26. The molecule has 2 aromatic rings. The predicted molar refractivity (Wildman–Crippen MR) is 103 cm³/mol. The summed E-state index contributed by atoms with van der Waals surface area (Å²) in [4.78, 5) is 36.9. The van der Waals surface area contributed by atoms with E-state index in [9.17, 15) is 19.7 Å². The van der Waals surface area contributed by atoms with Crippen molar-refractivity contribution in [1.29, 1.82) is 0 Å². The van der Waals surface area contributed by atoms with Gasteiger partial charge >= 0.3 is 0 Å². The van der Waals surface area contributed by atoms with Crippen LogP contribution in [0.1, 0.15) is 18.9 Å². The molecule has 3 rings (SSSR count). The number of nitro groups is 1. The Morgan fingerprint density at radius 1 is 1.29 bits per heavy atom. The Labute approximate surface area is 162 Å². The fourth-order valence-corrected chi connectivity index (χ4v) is 3.19. The molecule has 2 aromatic carbocycles. The van der Waals surface area contributed by atoms with E-state index in [0.717, 1.165) is 0 Å². The molecule has 28 heavy (non-hydrogen) atoms. The van der Waals surface area contributed by atoms with Crippen molar-refractivity contribution in [2.75, 3.05) is 18.1 Å². The first-order valence-electron chi connectivity index (χ1n) is 9.02. The van der Waals surface area contributed by atoms with Crippen molar-refractivity contribution in [2.45, 2.75) is 19.9 Å². The van der Waals surface area contributed by atoms with Crippen LogP contribution in [0.3, 0.4) is 0 Å². The Kier molecular flexibility index (Phi) is 5.88. The Balaban J connectivity index is 1.64. The molecular weight excluding hydrogens is 362 g/mol. The lowest BCUT2D eigenvalue weighted by Crippen LogP contribution is -2.32. The van der Waals surface area contributed by atoms with Crippen molar-refractivity contribution in [2.24, 2.45) is 5.92 Å². The second-order valence-corrected chi connectivity index (χ2v) is 6.45. The van der Waals surface area contributed by atoms with Crippen molar-refractivity contribution < 1.29 is 19.2 Å². The Morgan fingerprint density at radius 2 is 2.07 bits per heavy atom. The first kappa shape index (κ1) is 19.3. The monoisotopic (exact) mass is 383 g/mol. The standard InChI is InChI=1S/C20H21N3O5/c1-2-28-18-9-4-3-8-17(18)22-13-15(11-19(22)24)20(25)21-12-14-6-5-7-16(10-14)23(26)27/h3-10,15H,2,11-13H2,1H3,(H,21,25). The number of ether oxygens (including phenoxy) is 1. The van der Waals surface area contributed by atoms with Gasteiger partial charge in [-0.15, -0.1) is 0 Å². The molecule has 8 nitrogen and oxygen atoms in total. The molecule has 0 bridgehead atoms.